The van der Waals surface area contributed by atoms with Gasteiger partial charge in [0.05, 0.1) is 17.7 Å². The van der Waals surface area contributed by atoms with Gasteiger partial charge in [0.25, 0.3) is 0 Å². The molecule has 2 aliphatic heterocycles. The molecule has 1 aromatic rings. The van der Waals surface area contributed by atoms with Gasteiger partial charge < -0.3 is 0 Å². The van der Waals surface area contributed by atoms with Crippen molar-refractivity contribution in [1.82, 2.24) is 15.0 Å². The molecule has 4 nitrogen and oxygen atoms in total. The highest BCUT2D eigenvalue weighted by molar-refractivity contribution is 5.85. The van der Waals surface area contributed by atoms with E-state index in [9.17, 15) is 13.6 Å². The number of pyridine rings is 1. The minimum absolute atomic E-state index is 0.223. The molecule has 3 atom stereocenters. The first-order valence-electron chi connectivity index (χ1n) is 6.76. The van der Waals surface area contributed by atoms with Crippen molar-refractivity contribution in [3.63, 3.8) is 0 Å². The largest absolute Gasteiger partial charge is 0.273 e. The van der Waals surface area contributed by atoms with Crippen LogP contribution in [0.1, 0.15) is 31.9 Å². The SMILES string of the molecule is CC(F)[C@@]1(C)CN2CC[C@H](c3cncc(F)c3)N2C1=O. The Balaban J connectivity index is 1.93. The van der Waals surface area contributed by atoms with Gasteiger partial charge in [-0.1, -0.05) is 0 Å². The summed E-state index contributed by atoms with van der Waals surface area (Å²) in [6, 6.07) is 1.15. The number of nitrogens with zero attached hydrogens (tertiary/aromatic N) is 3. The summed E-state index contributed by atoms with van der Waals surface area (Å²) in [5, 5.41) is 3.46. The summed E-state index contributed by atoms with van der Waals surface area (Å²) >= 11 is 0. The molecule has 1 amide bonds. The maximum atomic E-state index is 13.8. The topological polar surface area (TPSA) is 36.4 Å². The lowest BCUT2D eigenvalue weighted by molar-refractivity contribution is -0.144. The Hall–Kier alpha value is -1.56. The number of alkyl halides is 1. The highest BCUT2D eigenvalue weighted by Crippen LogP contribution is 2.44. The molecule has 0 N–H and O–H groups in total. The quantitative estimate of drug-likeness (QED) is 0.833. The molecule has 3 rings (SSSR count). The van der Waals surface area contributed by atoms with Crippen molar-refractivity contribution >= 4 is 5.91 Å². The molecule has 0 bridgehead atoms. The van der Waals surface area contributed by atoms with Crippen molar-refractivity contribution in [2.24, 2.45) is 5.41 Å². The van der Waals surface area contributed by atoms with Crippen molar-refractivity contribution in [2.45, 2.75) is 32.5 Å². The van der Waals surface area contributed by atoms with Gasteiger partial charge in [-0.2, -0.15) is 0 Å². The van der Waals surface area contributed by atoms with Crippen LogP contribution < -0.4 is 0 Å². The van der Waals surface area contributed by atoms with Gasteiger partial charge in [-0.05, 0) is 31.9 Å². The van der Waals surface area contributed by atoms with E-state index in [0.29, 0.717) is 25.1 Å². The van der Waals surface area contributed by atoms with Gasteiger partial charge in [0.15, 0.2) is 0 Å². The summed E-state index contributed by atoms with van der Waals surface area (Å²) in [5.74, 6) is -0.645. The van der Waals surface area contributed by atoms with Crippen LogP contribution in [-0.4, -0.2) is 40.2 Å². The number of carbonyl (C=O) groups excluding carboxylic acids is 1. The highest BCUT2D eigenvalue weighted by Gasteiger charge is 2.55. The number of rotatable bonds is 2. The monoisotopic (exact) mass is 281 g/mol. The van der Waals surface area contributed by atoms with Crippen LogP contribution in [0, 0.1) is 11.2 Å². The molecular weight excluding hydrogens is 264 g/mol. The fraction of sp³-hybridized carbons (Fsp3) is 0.571. The highest BCUT2D eigenvalue weighted by atomic mass is 19.1. The zero-order chi connectivity index (χ0) is 14.5. The smallest absolute Gasteiger partial charge is 0.247 e. The summed E-state index contributed by atoms with van der Waals surface area (Å²) in [6.45, 7) is 4.12. The van der Waals surface area contributed by atoms with E-state index in [0.717, 1.165) is 6.20 Å². The number of halogens is 2. The molecule has 0 aromatic carbocycles. The molecule has 0 saturated carbocycles. The van der Waals surface area contributed by atoms with Crippen LogP contribution in [0.4, 0.5) is 8.78 Å². The minimum Gasteiger partial charge on any atom is -0.273 e. The van der Waals surface area contributed by atoms with Crippen molar-refractivity contribution in [2.75, 3.05) is 13.1 Å². The van der Waals surface area contributed by atoms with Gasteiger partial charge in [0, 0.05) is 19.3 Å². The molecule has 20 heavy (non-hydrogen) atoms. The van der Waals surface area contributed by atoms with E-state index < -0.39 is 17.4 Å². The summed E-state index contributed by atoms with van der Waals surface area (Å²) in [6.07, 6.45) is 2.20. The molecule has 2 aliphatic rings. The fourth-order valence-electron chi connectivity index (χ4n) is 3.05. The molecule has 2 fully saturated rings. The summed E-state index contributed by atoms with van der Waals surface area (Å²) in [7, 11) is 0. The number of amides is 1. The van der Waals surface area contributed by atoms with E-state index in [1.165, 1.54) is 13.0 Å². The first-order chi connectivity index (χ1) is 9.43. The van der Waals surface area contributed by atoms with E-state index in [1.54, 1.807) is 18.1 Å². The second-order valence-corrected chi connectivity index (χ2v) is 5.81. The summed E-state index contributed by atoms with van der Waals surface area (Å²) in [5.41, 5.74) is -0.351. The van der Waals surface area contributed by atoms with Crippen LogP contribution in [-0.2, 0) is 4.79 Å². The van der Waals surface area contributed by atoms with Gasteiger partial charge >= 0.3 is 0 Å². The zero-order valence-corrected chi connectivity index (χ0v) is 11.5. The second kappa shape index (κ2) is 4.48. The van der Waals surface area contributed by atoms with Crippen LogP contribution >= 0.6 is 0 Å². The number of carbonyl (C=O) groups is 1. The summed E-state index contributed by atoms with van der Waals surface area (Å²) < 4.78 is 27.1. The van der Waals surface area contributed by atoms with E-state index in [4.69, 9.17) is 0 Å². The van der Waals surface area contributed by atoms with E-state index in [-0.39, 0.29) is 11.9 Å². The zero-order valence-electron chi connectivity index (χ0n) is 11.5. The minimum atomic E-state index is -1.22. The molecule has 1 aromatic heterocycles. The number of hydrogen-bond donors (Lipinski definition) is 0. The van der Waals surface area contributed by atoms with Crippen molar-refractivity contribution < 1.29 is 13.6 Å². The van der Waals surface area contributed by atoms with Crippen molar-refractivity contribution in [3.05, 3.63) is 29.8 Å². The third kappa shape index (κ3) is 1.82. The third-order valence-electron chi connectivity index (χ3n) is 4.46. The van der Waals surface area contributed by atoms with Crippen LogP contribution in [0.2, 0.25) is 0 Å². The molecule has 1 unspecified atom stereocenters. The fourth-order valence-corrected chi connectivity index (χ4v) is 3.05. The second-order valence-electron chi connectivity index (χ2n) is 5.81. The molecular formula is C14H17F2N3O. The molecule has 0 aliphatic carbocycles. The van der Waals surface area contributed by atoms with Gasteiger partial charge in [-0.25, -0.2) is 13.8 Å². The average Bonchev–Trinajstić information content (AvgIpc) is 2.90. The first-order valence-corrected chi connectivity index (χ1v) is 6.76. The van der Waals surface area contributed by atoms with Gasteiger partial charge in [0.1, 0.15) is 12.0 Å². The van der Waals surface area contributed by atoms with E-state index in [1.807, 2.05) is 5.01 Å². The Kier molecular flexibility index (Phi) is 3.01. The number of hydrogen-bond acceptors (Lipinski definition) is 3. The molecule has 3 heterocycles. The normalized spacial score (nSPS) is 31.7. The van der Waals surface area contributed by atoms with Crippen LogP contribution in [0.15, 0.2) is 18.5 Å². The standard InChI is InChI=1S/C14H17F2N3O/c1-9(15)14(2)8-18-4-3-12(19(18)13(14)20)10-5-11(16)7-17-6-10/h5-7,9,12H,3-4,8H2,1-2H3/t9?,12-,14-/m1/s1. The van der Waals surface area contributed by atoms with Gasteiger partial charge in [-0.3, -0.25) is 14.8 Å². The van der Waals surface area contributed by atoms with Crippen molar-refractivity contribution in [1.29, 1.82) is 0 Å². The lowest BCUT2D eigenvalue weighted by Crippen LogP contribution is -2.40. The number of fused-ring (bicyclic) bond motifs is 1. The van der Waals surface area contributed by atoms with Crippen LogP contribution in [0.3, 0.4) is 0 Å². The average molecular weight is 281 g/mol. The lowest BCUT2D eigenvalue weighted by Gasteiger charge is -2.27. The maximum absolute atomic E-state index is 13.8. The predicted octanol–water partition coefficient (Wildman–Crippen LogP) is 2.09. The first kappa shape index (κ1) is 13.4. The maximum Gasteiger partial charge on any atom is 0.247 e. The molecule has 6 heteroatoms. The van der Waals surface area contributed by atoms with Gasteiger partial charge in [0.2, 0.25) is 5.91 Å². The Morgan fingerprint density at radius 1 is 1.50 bits per heavy atom. The predicted molar refractivity (Wildman–Crippen MR) is 68.6 cm³/mol. The Morgan fingerprint density at radius 2 is 2.25 bits per heavy atom. The number of hydrazine groups is 1. The lowest BCUT2D eigenvalue weighted by atomic mass is 9.85. The Labute approximate surface area is 116 Å². The molecule has 0 radical (unpaired) electrons. The summed E-state index contributed by atoms with van der Waals surface area (Å²) in [4.78, 5) is 16.4. The Morgan fingerprint density at radius 3 is 2.90 bits per heavy atom. The number of aromatic nitrogens is 1. The third-order valence-corrected chi connectivity index (χ3v) is 4.46. The van der Waals surface area contributed by atoms with Crippen LogP contribution in [0.25, 0.3) is 0 Å². The van der Waals surface area contributed by atoms with E-state index in [2.05, 4.69) is 4.98 Å². The Bertz CT molecular complexity index is 551. The van der Waals surface area contributed by atoms with Crippen LogP contribution in [0.5, 0.6) is 0 Å². The van der Waals surface area contributed by atoms with E-state index >= 15 is 0 Å². The van der Waals surface area contributed by atoms with Gasteiger partial charge in [-0.15, -0.1) is 0 Å². The molecule has 2 saturated heterocycles. The van der Waals surface area contributed by atoms with Crippen molar-refractivity contribution in [3.8, 4) is 0 Å². The molecule has 108 valence electrons. The molecule has 0 spiro atoms.